The Morgan fingerprint density at radius 3 is 2.50 bits per heavy atom. The summed E-state index contributed by atoms with van der Waals surface area (Å²) < 4.78 is 0. The molecule has 2 aromatic rings. The zero-order chi connectivity index (χ0) is 14.7. The van der Waals surface area contributed by atoms with Crippen LogP contribution in [0.15, 0.2) is 42.5 Å². The van der Waals surface area contributed by atoms with Gasteiger partial charge in [0.2, 0.25) is 0 Å². The van der Waals surface area contributed by atoms with E-state index in [0.717, 1.165) is 11.1 Å². The van der Waals surface area contributed by atoms with E-state index in [4.69, 9.17) is 23.2 Å². The van der Waals surface area contributed by atoms with E-state index in [1.54, 1.807) is 24.3 Å². The maximum atomic E-state index is 11.5. The second-order valence-electron chi connectivity index (χ2n) is 4.34. The Balaban J connectivity index is 2.61. The van der Waals surface area contributed by atoms with E-state index in [1.807, 2.05) is 31.2 Å². The van der Waals surface area contributed by atoms with Gasteiger partial charge in [0.05, 0.1) is 5.57 Å². The molecule has 2 rings (SSSR count). The number of aryl methyl sites for hydroxylation is 1. The summed E-state index contributed by atoms with van der Waals surface area (Å²) >= 11 is 12.0. The fraction of sp³-hybridized carbons (Fsp3) is 0.0625. The quantitative estimate of drug-likeness (QED) is 0.645. The van der Waals surface area contributed by atoms with E-state index in [-0.39, 0.29) is 5.57 Å². The number of rotatable bonds is 3. The molecule has 0 aliphatic carbocycles. The van der Waals surface area contributed by atoms with Crippen molar-refractivity contribution in [3.05, 3.63) is 69.2 Å². The monoisotopic (exact) mass is 306 g/mol. The molecule has 0 aliphatic heterocycles. The van der Waals surface area contributed by atoms with Crippen LogP contribution in [0, 0.1) is 6.92 Å². The summed E-state index contributed by atoms with van der Waals surface area (Å²) in [4.78, 5) is 11.5. The van der Waals surface area contributed by atoms with Gasteiger partial charge in [-0.15, -0.1) is 0 Å². The third kappa shape index (κ3) is 3.21. The molecule has 0 bridgehead atoms. The zero-order valence-corrected chi connectivity index (χ0v) is 12.2. The molecule has 0 saturated carbocycles. The van der Waals surface area contributed by atoms with Gasteiger partial charge >= 0.3 is 5.97 Å². The minimum atomic E-state index is -1.04. The van der Waals surface area contributed by atoms with Crippen molar-refractivity contribution in [3.63, 3.8) is 0 Å². The summed E-state index contributed by atoms with van der Waals surface area (Å²) in [5.74, 6) is -1.04. The first-order chi connectivity index (χ1) is 9.49. The molecule has 20 heavy (non-hydrogen) atoms. The number of hydrogen-bond acceptors (Lipinski definition) is 1. The summed E-state index contributed by atoms with van der Waals surface area (Å²) in [6, 6.07) is 12.3. The summed E-state index contributed by atoms with van der Waals surface area (Å²) in [6.07, 6.45) is 1.61. The molecule has 2 aromatic carbocycles. The third-order valence-corrected chi connectivity index (χ3v) is 3.50. The van der Waals surface area contributed by atoms with Gasteiger partial charge in [0, 0.05) is 15.6 Å². The first-order valence-electron chi connectivity index (χ1n) is 5.95. The van der Waals surface area contributed by atoms with Crippen molar-refractivity contribution >= 4 is 40.8 Å². The number of aliphatic carboxylic acids is 1. The number of carbonyl (C=O) groups is 1. The standard InChI is InChI=1S/C16H12Cl2O2/c1-10-4-2-3-5-11(10)8-14(16(19)20)13-9-12(17)6-7-15(13)18/h2-9H,1H3,(H,19,20)/b14-8-. The number of halogens is 2. The van der Waals surface area contributed by atoms with Gasteiger partial charge in [0.25, 0.3) is 0 Å². The molecule has 0 heterocycles. The molecule has 0 unspecified atom stereocenters. The van der Waals surface area contributed by atoms with Crippen molar-refractivity contribution in [3.8, 4) is 0 Å². The highest BCUT2D eigenvalue weighted by molar-refractivity contribution is 6.37. The van der Waals surface area contributed by atoms with Crippen LogP contribution in [0.25, 0.3) is 11.6 Å². The van der Waals surface area contributed by atoms with Crippen molar-refractivity contribution in [2.24, 2.45) is 0 Å². The molecule has 0 amide bonds. The highest BCUT2D eigenvalue weighted by Crippen LogP contribution is 2.29. The molecule has 2 nitrogen and oxygen atoms in total. The molecule has 4 heteroatoms. The van der Waals surface area contributed by atoms with Gasteiger partial charge in [0.1, 0.15) is 0 Å². The Bertz CT molecular complexity index is 691. The number of carboxylic acids is 1. The molecule has 1 N–H and O–H groups in total. The zero-order valence-electron chi connectivity index (χ0n) is 10.7. The van der Waals surface area contributed by atoms with Gasteiger partial charge < -0.3 is 5.11 Å². The SMILES string of the molecule is Cc1ccccc1/C=C(\C(=O)O)c1cc(Cl)ccc1Cl. The minimum Gasteiger partial charge on any atom is -0.478 e. The van der Waals surface area contributed by atoms with E-state index in [2.05, 4.69) is 0 Å². The second-order valence-corrected chi connectivity index (χ2v) is 5.19. The maximum Gasteiger partial charge on any atom is 0.336 e. The summed E-state index contributed by atoms with van der Waals surface area (Å²) in [7, 11) is 0. The number of hydrogen-bond donors (Lipinski definition) is 1. The molecular weight excluding hydrogens is 295 g/mol. The fourth-order valence-electron chi connectivity index (χ4n) is 1.86. The lowest BCUT2D eigenvalue weighted by Gasteiger charge is -2.07. The van der Waals surface area contributed by atoms with Crippen molar-refractivity contribution in [1.82, 2.24) is 0 Å². The van der Waals surface area contributed by atoms with Crippen LogP contribution >= 0.6 is 23.2 Å². The fourth-order valence-corrected chi connectivity index (χ4v) is 2.25. The smallest absolute Gasteiger partial charge is 0.336 e. The first kappa shape index (κ1) is 14.6. The lowest BCUT2D eigenvalue weighted by Crippen LogP contribution is -2.01. The average Bonchev–Trinajstić information content (AvgIpc) is 2.40. The van der Waals surface area contributed by atoms with E-state index >= 15 is 0 Å². The predicted octanol–water partition coefficient (Wildman–Crippen LogP) is 4.93. The second kappa shape index (κ2) is 6.12. The highest BCUT2D eigenvalue weighted by atomic mass is 35.5. The van der Waals surface area contributed by atoms with Crippen molar-refractivity contribution in [2.45, 2.75) is 6.92 Å². The Morgan fingerprint density at radius 1 is 1.15 bits per heavy atom. The molecule has 102 valence electrons. The Hall–Kier alpha value is -1.77. The van der Waals surface area contributed by atoms with Crippen LogP contribution in [0.4, 0.5) is 0 Å². The normalized spacial score (nSPS) is 11.4. The van der Waals surface area contributed by atoms with E-state index in [1.165, 1.54) is 0 Å². The van der Waals surface area contributed by atoms with E-state index in [0.29, 0.717) is 15.6 Å². The molecule has 0 radical (unpaired) electrons. The predicted molar refractivity (Wildman–Crippen MR) is 83.1 cm³/mol. The van der Waals surface area contributed by atoms with Crippen molar-refractivity contribution < 1.29 is 9.90 Å². The molecule has 0 fully saturated rings. The average molecular weight is 307 g/mol. The van der Waals surface area contributed by atoms with Crippen LogP contribution in [0.5, 0.6) is 0 Å². The topological polar surface area (TPSA) is 37.3 Å². The molecular formula is C16H12Cl2O2. The molecule has 0 saturated heterocycles. The summed E-state index contributed by atoms with van der Waals surface area (Å²) in [5, 5.41) is 10.2. The number of carboxylic acid groups (broad SMARTS) is 1. The Labute approximate surface area is 127 Å². The lowest BCUT2D eigenvalue weighted by atomic mass is 10.0. The van der Waals surface area contributed by atoms with Gasteiger partial charge in [0.15, 0.2) is 0 Å². The van der Waals surface area contributed by atoms with Crippen LogP contribution in [0.3, 0.4) is 0 Å². The first-order valence-corrected chi connectivity index (χ1v) is 6.70. The van der Waals surface area contributed by atoms with Crippen LogP contribution in [-0.2, 0) is 4.79 Å². The summed E-state index contributed by atoms with van der Waals surface area (Å²) in [6.45, 7) is 1.92. The van der Waals surface area contributed by atoms with Crippen molar-refractivity contribution in [2.75, 3.05) is 0 Å². The van der Waals surface area contributed by atoms with E-state index in [9.17, 15) is 9.90 Å². The van der Waals surface area contributed by atoms with Gasteiger partial charge in [-0.05, 0) is 42.3 Å². The molecule has 0 spiro atoms. The van der Waals surface area contributed by atoms with Crippen LogP contribution < -0.4 is 0 Å². The van der Waals surface area contributed by atoms with Crippen LogP contribution in [0.2, 0.25) is 10.0 Å². The van der Waals surface area contributed by atoms with Gasteiger partial charge in [-0.3, -0.25) is 0 Å². The van der Waals surface area contributed by atoms with Crippen LogP contribution in [-0.4, -0.2) is 11.1 Å². The molecule has 0 aliphatic rings. The highest BCUT2D eigenvalue weighted by Gasteiger charge is 2.15. The maximum absolute atomic E-state index is 11.5. The van der Waals surface area contributed by atoms with Crippen LogP contribution in [0.1, 0.15) is 16.7 Å². The number of benzene rings is 2. The summed E-state index contributed by atoms with van der Waals surface area (Å²) in [5.41, 5.74) is 2.35. The van der Waals surface area contributed by atoms with Gasteiger partial charge in [-0.2, -0.15) is 0 Å². The Kier molecular flexibility index (Phi) is 4.48. The third-order valence-electron chi connectivity index (χ3n) is 2.94. The Morgan fingerprint density at radius 2 is 1.85 bits per heavy atom. The lowest BCUT2D eigenvalue weighted by molar-refractivity contribution is -0.130. The van der Waals surface area contributed by atoms with Gasteiger partial charge in [-0.1, -0.05) is 47.5 Å². The largest absolute Gasteiger partial charge is 0.478 e. The molecule has 0 aromatic heterocycles. The van der Waals surface area contributed by atoms with Crippen molar-refractivity contribution in [1.29, 1.82) is 0 Å². The van der Waals surface area contributed by atoms with Gasteiger partial charge in [-0.25, -0.2) is 4.79 Å². The van der Waals surface area contributed by atoms with E-state index < -0.39 is 5.97 Å². The minimum absolute atomic E-state index is 0.117. The molecule has 0 atom stereocenters.